The van der Waals surface area contributed by atoms with Crippen molar-refractivity contribution in [1.82, 2.24) is 0 Å². The van der Waals surface area contributed by atoms with Crippen LogP contribution >= 0.6 is 23.6 Å². The summed E-state index contributed by atoms with van der Waals surface area (Å²) in [4.78, 5) is 27.0. The summed E-state index contributed by atoms with van der Waals surface area (Å²) in [5.41, 5.74) is 0.108. The number of carbonyl (C=O) groups excluding carboxylic acids is 2. The SMILES string of the molecule is N=[P+]1C(=O)C(Br)(c2ccccc2)C(c2ccccc2)(c2ccccc2)C1=O. The molecule has 0 bridgehead atoms. The van der Waals surface area contributed by atoms with Gasteiger partial charge in [-0.05, 0) is 16.7 Å². The number of alkyl halides is 1. The van der Waals surface area contributed by atoms with Crippen LogP contribution in [-0.2, 0) is 19.3 Å². The Morgan fingerprint density at radius 2 is 1.00 bits per heavy atom. The van der Waals surface area contributed by atoms with Crippen LogP contribution in [0.25, 0.3) is 0 Å². The minimum absolute atomic E-state index is 0.347. The van der Waals surface area contributed by atoms with E-state index in [-0.39, 0.29) is 11.0 Å². The van der Waals surface area contributed by atoms with Gasteiger partial charge in [-0.2, -0.15) is 0 Å². The zero-order valence-corrected chi connectivity index (χ0v) is 16.8. The molecule has 3 aromatic carbocycles. The lowest BCUT2D eigenvalue weighted by atomic mass is 9.65. The maximum atomic E-state index is 13.6. The zero-order chi connectivity index (χ0) is 19.1. The van der Waals surface area contributed by atoms with Crippen LogP contribution in [-0.4, -0.2) is 11.0 Å². The molecule has 2 atom stereocenters. The molecule has 0 spiro atoms. The average Bonchev–Trinajstić information content (AvgIpc) is 2.89. The molecule has 5 heteroatoms. The molecule has 1 aliphatic rings. The van der Waals surface area contributed by atoms with Crippen molar-refractivity contribution in [1.29, 1.82) is 5.16 Å². The summed E-state index contributed by atoms with van der Waals surface area (Å²) in [6.07, 6.45) is 0. The third-order valence-corrected chi connectivity index (χ3v) is 8.33. The van der Waals surface area contributed by atoms with E-state index >= 15 is 0 Å². The topological polar surface area (TPSA) is 58.0 Å². The van der Waals surface area contributed by atoms with E-state index in [0.29, 0.717) is 16.7 Å². The highest BCUT2D eigenvalue weighted by Crippen LogP contribution is 2.66. The van der Waals surface area contributed by atoms with Gasteiger partial charge in [0.15, 0.2) is 9.74 Å². The molecule has 0 saturated carbocycles. The largest absolute Gasteiger partial charge is 0.376 e. The smallest absolute Gasteiger partial charge is 0.240 e. The maximum absolute atomic E-state index is 13.6. The minimum Gasteiger partial charge on any atom is -0.240 e. The predicted octanol–water partition coefficient (Wildman–Crippen LogP) is 5.57. The highest BCUT2D eigenvalue weighted by molar-refractivity contribution is 9.10. The van der Waals surface area contributed by atoms with E-state index in [0.717, 1.165) is 0 Å². The number of rotatable bonds is 3. The first kappa shape index (κ1) is 18.0. The Kier molecular flexibility index (Phi) is 4.41. The van der Waals surface area contributed by atoms with Gasteiger partial charge in [-0.25, -0.2) is 9.59 Å². The summed E-state index contributed by atoms with van der Waals surface area (Å²) in [5.74, 6) is 0. The average molecular weight is 437 g/mol. The van der Waals surface area contributed by atoms with Crippen LogP contribution in [0.2, 0.25) is 0 Å². The molecule has 132 valence electrons. The molecule has 1 aliphatic heterocycles. The number of hydrogen-bond acceptors (Lipinski definition) is 3. The van der Waals surface area contributed by atoms with Crippen LogP contribution < -0.4 is 0 Å². The normalized spacial score (nSPS) is 22.8. The molecule has 27 heavy (non-hydrogen) atoms. The second kappa shape index (κ2) is 6.63. The Morgan fingerprint density at radius 1 is 0.630 bits per heavy atom. The fourth-order valence-electron chi connectivity index (χ4n) is 3.92. The second-order valence-corrected chi connectivity index (χ2v) is 9.12. The summed E-state index contributed by atoms with van der Waals surface area (Å²) in [5, 5.41) is 8.44. The summed E-state index contributed by atoms with van der Waals surface area (Å²) in [6, 6.07) is 27.9. The molecule has 0 radical (unpaired) electrons. The first-order valence-corrected chi connectivity index (χ1v) is 10.6. The van der Waals surface area contributed by atoms with Gasteiger partial charge in [-0.3, -0.25) is 0 Å². The van der Waals surface area contributed by atoms with Crippen LogP contribution in [0.5, 0.6) is 0 Å². The standard InChI is InChI=1S/C22H16BrNO2P/c23-22(18-14-8-3-9-15-18)20(26)27(24)19(25)21(22,16-10-4-1-5-11-16)17-12-6-2-7-13-17/h1-15,24H/q+1. The van der Waals surface area contributed by atoms with Crippen LogP contribution in [0.15, 0.2) is 91.0 Å². The van der Waals surface area contributed by atoms with Crippen LogP contribution in [0.3, 0.4) is 0 Å². The van der Waals surface area contributed by atoms with E-state index in [1.807, 2.05) is 91.0 Å². The van der Waals surface area contributed by atoms with Gasteiger partial charge >= 0.3 is 18.8 Å². The lowest BCUT2D eigenvalue weighted by Crippen LogP contribution is -2.48. The van der Waals surface area contributed by atoms with E-state index < -0.39 is 17.5 Å². The van der Waals surface area contributed by atoms with Crippen LogP contribution in [0.4, 0.5) is 0 Å². The Balaban J connectivity index is 2.17. The molecule has 0 amide bonds. The molecule has 1 N–H and O–H groups in total. The van der Waals surface area contributed by atoms with Crippen molar-refractivity contribution in [2.24, 2.45) is 0 Å². The zero-order valence-electron chi connectivity index (χ0n) is 14.3. The highest BCUT2D eigenvalue weighted by atomic mass is 79.9. The van der Waals surface area contributed by atoms with Gasteiger partial charge in [0, 0.05) is 0 Å². The molecule has 2 unspecified atom stereocenters. The number of hydrogen-bond donors (Lipinski definition) is 1. The van der Waals surface area contributed by atoms with Gasteiger partial charge < -0.3 is 0 Å². The summed E-state index contributed by atoms with van der Waals surface area (Å²) in [7, 11) is -2.21. The monoisotopic (exact) mass is 436 g/mol. The van der Waals surface area contributed by atoms with E-state index in [4.69, 9.17) is 5.16 Å². The number of nitrogens with one attached hydrogen (secondary N) is 1. The molecule has 3 nitrogen and oxygen atoms in total. The Hall–Kier alpha value is -2.42. The van der Waals surface area contributed by atoms with Gasteiger partial charge in [0.05, 0.1) is 0 Å². The van der Waals surface area contributed by atoms with Gasteiger partial charge in [0.25, 0.3) is 0 Å². The van der Waals surface area contributed by atoms with E-state index in [1.54, 1.807) is 0 Å². The van der Waals surface area contributed by atoms with Crippen LogP contribution in [0.1, 0.15) is 16.7 Å². The summed E-state index contributed by atoms with van der Waals surface area (Å²) >= 11 is 3.72. The van der Waals surface area contributed by atoms with E-state index in [1.165, 1.54) is 0 Å². The first-order valence-electron chi connectivity index (χ1n) is 8.50. The van der Waals surface area contributed by atoms with Gasteiger partial charge in [-0.1, -0.05) is 107 Å². The molecule has 3 aromatic rings. The molecule has 0 aromatic heterocycles. The highest BCUT2D eigenvalue weighted by Gasteiger charge is 2.77. The Labute approximate surface area is 166 Å². The van der Waals surface area contributed by atoms with Crippen molar-refractivity contribution in [2.75, 3.05) is 0 Å². The molecule has 0 aliphatic carbocycles. The maximum Gasteiger partial charge on any atom is 0.376 e. The molecule has 1 saturated heterocycles. The van der Waals surface area contributed by atoms with Crippen LogP contribution in [0, 0.1) is 5.16 Å². The minimum atomic E-state index is -2.21. The Morgan fingerprint density at radius 3 is 1.41 bits per heavy atom. The van der Waals surface area contributed by atoms with Gasteiger partial charge in [0.2, 0.25) is 0 Å². The molecule has 1 heterocycles. The van der Waals surface area contributed by atoms with Crippen molar-refractivity contribution in [3.8, 4) is 0 Å². The molecule has 1 fully saturated rings. The summed E-state index contributed by atoms with van der Waals surface area (Å²) in [6.45, 7) is 0. The lowest BCUT2D eigenvalue weighted by Gasteiger charge is -2.36. The Bertz CT molecular complexity index is 998. The lowest BCUT2D eigenvalue weighted by molar-refractivity contribution is -0.118. The fraction of sp³-hybridized carbons (Fsp3) is 0.0909. The van der Waals surface area contributed by atoms with Crippen molar-refractivity contribution in [3.05, 3.63) is 108 Å². The fourth-order valence-corrected chi connectivity index (χ4v) is 7.06. The van der Waals surface area contributed by atoms with Gasteiger partial charge in [-0.15, -0.1) is 5.16 Å². The predicted molar refractivity (Wildman–Crippen MR) is 110 cm³/mol. The summed E-state index contributed by atoms with van der Waals surface area (Å²) < 4.78 is -1.32. The van der Waals surface area contributed by atoms with Crippen molar-refractivity contribution >= 4 is 34.7 Å². The number of carbonyl (C=O) groups is 2. The third-order valence-electron chi connectivity index (χ3n) is 5.12. The van der Waals surface area contributed by atoms with E-state index in [9.17, 15) is 9.59 Å². The number of benzene rings is 3. The van der Waals surface area contributed by atoms with Crippen molar-refractivity contribution in [2.45, 2.75) is 9.74 Å². The molecule has 4 rings (SSSR count). The molecular formula is C22H16BrNO2P+. The third kappa shape index (κ3) is 2.33. The van der Waals surface area contributed by atoms with Crippen molar-refractivity contribution in [3.63, 3.8) is 0 Å². The first-order chi connectivity index (χ1) is 13.0. The van der Waals surface area contributed by atoms with Gasteiger partial charge in [0.1, 0.15) is 0 Å². The van der Waals surface area contributed by atoms with E-state index in [2.05, 4.69) is 15.9 Å². The quantitative estimate of drug-likeness (QED) is 0.430. The second-order valence-electron chi connectivity index (χ2n) is 6.45. The van der Waals surface area contributed by atoms with Crippen molar-refractivity contribution < 1.29 is 9.59 Å². The number of halogens is 1. The molecular weight excluding hydrogens is 421 g/mol.